The Morgan fingerprint density at radius 3 is 2.50 bits per heavy atom. The average Bonchev–Trinajstić information content (AvgIpc) is 2.41. The number of nitrogens with two attached hydrogens (primary N) is 1. The summed E-state index contributed by atoms with van der Waals surface area (Å²) in [5, 5.41) is 0. The Kier molecular flexibility index (Phi) is 5.09. The Bertz CT molecular complexity index is 412. The smallest absolute Gasteiger partial charge is 0.0314 e. The first-order valence-electron chi connectivity index (χ1n) is 8.07. The number of likely N-dealkylation sites (tertiary alicyclic amines) is 1. The van der Waals surface area contributed by atoms with Gasteiger partial charge in [-0.05, 0) is 61.8 Å². The van der Waals surface area contributed by atoms with Crippen molar-refractivity contribution in [2.75, 3.05) is 18.8 Å². The maximum absolute atomic E-state index is 5.76. The summed E-state index contributed by atoms with van der Waals surface area (Å²) in [5.74, 6) is 2.27. The standard InChI is InChI=1S/C18H30N2/c1-13-11-15(3)16(4)20(12-13)10-9-14(2)17-5-7-18(19)8-6-17/h5-8,13-16H,9-12,19H2,1-4H3. The molecule has 0 spiro atoms. The molecule has 1 aromatic carbocycles. The molecule has 0 radical (unpaired) electrons. The first kappa shape index (κ1) is 15.4. The minimum absolute atomic E-state index is 0.607. The summed E-state index contributed by atoms with van der Waals surface area (Å²) in [4.78, 5) is 2.69. The lowest BCUT2D eigenvalue weighted by Crippen LogP contribution is -2.46. The highest BCUT2D eigenvalue weighted by Crippen LogP contribution is 2.28. The van der Waals surface area contributed by atoms with Crippen LogP contribution < -0.4 is 5.73 Å². The predicted octanol–water partition coefficient (Wildman–Crippen LogP) is 4.13. The van der Waals surface area contributed by atoms with Gasteiger partial charge in [0.2, 0.25) is 0 Å². The maximum atomic E-state index is 5.76. The average molecular weight is 274 g/mol. The van der Waals surface area contributed by atoms with Crippen LogP contribution in [0.1, 0.15) is 52.0 Å². The van der Waals surface area contributed by atoms with Crippen LogP contribution in [0.25, 0.3) is 0 Å². The molecule has 1 aromatic rings. The molecule has 4 unspecified atom stereocenters. The molecule has 112 valence electrons. The quantitative estimate of drug-likeness (QED) is 0.837. The summed E-state index contributed by atoms with van der Waals surface area (Å²) in [6.45, 7) is 12.0. The van der Waals surface area contributed by atoms with Gasteiger partial charge in [-0.3, -0.25) is 0 Å². The topological polar surface area (TPSA) is 29.3 Å². The Balaban J connectivity index is 1.89. The van der Waals surface area contributed by atoms with E-state index in [-0.39, 0.29) is 0 Å². The molecule has 0 saturated carbocycles. The summed E-state index contributed by atoms with van der Waals surface area (Å²) < 4.78 is 0. The zero-order valence-corrected chi connectivity index (χ0v) is 13.5. The Morgan fingerprint density at radius 2 is 1.85 bits per heavy atom. The Labute approximate surface area is 124 Å². The second-order valence-electron chi connectivity index (χ2n) is 6.91. The predicted molar refractivity (Wildman–Crippen MR) is 87.9 cm³/mol. The molecule has 2 nitrogen and oxygen atoms in total. The van der Waals surface area contributed by atoms with Crippen LogP contribution in [0.5, 0.6) is 0 Å². The van der Waals surface area contributed by atoms with Crippen LogP contribution in [0.2, 0.25) is 0 Å². The van der Waals surface area contributed by atoms with Gasteiger partial charge in [0.05, 0.1) is 0 Å². The zero-order valence-electron chi connectivity index (χ0n) is 13.5. The molecule has 0 bridgehead atoms. The van der Waals surface area contributed by atoms with E-state index in [2.05, 4.69) is 44.7 Å². The largest absolute Gasteiger partial charge is 0.399 e. The van der Waals surface area contributed by atoms with Gasteiger partial charge < -0.3 is 10.6 Å². The third kappa shape index (κ3) is 3.76. The summed E-state index contributed by atoms with van der Waals surface area (Å²) in [7, 11) is 0. The van der Waals surface area contributed by atoms with E-state index in [0.29, 0.717) is 5.92 Å². The van der Waals surface area contributed by atoms with Crippen molar-refractivity contribution in [3.05, 3.63) is 29.8 Å². The minimum Gasteiger partial charge on any atom is -0.399 e. The van der Waals surface area contributed by atoms with Crippen molar-refractivity contribution in [3.63, 3.8) is 0 Å². The maximum Gasteiger partial charge on any atom is 0.0314 e. The fourth-order valence-corrected chi connectivity index (χ4v) is 3.48. The van der Waals surface area contributed by atoms with Crippen LogP contribution in [-0.4, -0.2) is 24.0 Å². The van der Waals surface area contributed by atoms with Crippen molar-refractivity contribution in [1.29, 1.82) is 0 Å². The van der Waals surface area contributed by atoms with Crippen LogP contribution in [0, 0.1) is 11.8 Å². The van der Waals surface area contributed by atoms with Crippen LogP contribution in [0.15, 0.2) is 24.3 Å². The highest BCUT2D eigenvalue weighted by Gasteiger charge is 2.28. The highest BCUT2D eigenvalue weighted by atomic mass is 15.2. The second-order valence-corrected chi connectivity index (χ2v) is 6.91. The van der Waals surface area contributed by atoms with Crippen LogP contribution >= 0.6 is 0 Å². The minimum atomic E-state index is 0.607. The molecular weight excluding hydrogens is 244 g/mol. The fraction of sp³-hybridized carbons (Fsp3) is 0.667. The van der Waals surface area contributed by atoms with E-state index in [1.807, 2.05) is 12.1 Å². The third-order valence-electron chi connectivity index (χ3n) is 5.07. The normalized spacial score (nSPS) is 29.3. The molecule has 1 saturated heterocycles. The second kappa shape index (κ2) is 6.62. The van der Waals surface area contributed by atoms with Gasteiger partial charge in [0, 0.05) is 18.3 Å². The first-order valence-corrected chi connectivity index (χ1v) is 8.07. The number of nitrogen functional groups attached to an aromatic ring is 1. The first-order chi connectivity index (χ1) is 9.47. The summed E-state index contributed by atoms with van der Waals surface area (Å²) in [6.07, 6.45) is 2.61. The molecule has 2 rings (SSSR count). The number of hydrogen-bond donors (Lipinski definition) is 1. The van der Waals surface area contributed by atoms with Gasteiger partial charge >= 0.3 is 0 Å². The SMILES string of the molecule is CC1CC(C)C(C)N(CCC(C)c2ccc(N)cc2)C1. The van der Waals surface area contributed by atoms with Crippen LogP contribution in [-0.2, 0) is 0 Å². The van der Waals surface area contributed by atoms with Crippen LogP contribution in [0.3, 0.4) is 0 Å². The molecule has 2 N–H and O–H groups in total. The van der Waals surface area contributed by atoms with Crippen molar-refractivity contribution in [2.24, 2.45) is 11.8 Å². The summed E-state index contributed by atoms with van der Waals surface area (Å²) in [5.41, 5.74) is 8.02. The lowest BCUT2D eigenvalue weighted by atomic mass is 9.85. The molecule has 0 aliphatic carbocycles. The third-order valence-corrected chi connectivity index (χ3v) is 5.07. The zero-order chi connectivity index (χ0) is 14.7. The van der Waals surface area contributed by atoms with Crippen molar-refractivity contribution >= 4 is 5.69 Å². The van der Waals surface area contributed by atoms with E-state index in [9.17, 15) is 0 Å². The number of hydrogen-bond acceptors (Lipinski definition) is 2. The van der Waals surface area contributed by atoms with Gasteiger partial charge in [-0.2, -0.15) is 0 Å². The number of piperidine rings is 1. The molecule has 1 heterocycles. The number of anilines is 1. The van der Waals surface area contributed by atoms with Gasteiger partial charge in [0.25, 0.3) is 0 Å². The van der Waals surface area contributed by atoms with Gasteiger partial charge in [0.1, 0.15) is 0 Å². The Hall–Kier alpha value is -1.02. The van der Waals surface area contributed by atoms with E-state index >= 15 is 0 Å². The number of rotatable bonds is 4. The molecule has 4 atom stereocenters. The lowest BCUT2D eigenvalue weighted by molar-refractivity contribution is 0.0772. The van der Waals surface area contributed by atoms with Gasteiger partial charge in [-0.25, -0.2) is 0 Å². The van der Waals surface area contributed by atoms with Crippen molar-refractivity contribution < 1.29 is 0 Å². The molecule has 1 aliphatic rings. The van der Waals surface area contributed by atoms with E-state index in [1.54, 1.807) is 0 Å². The van der Waals surface area contributed by atoms with Crippen molar-refractivity contribution in [2.45, 2.75) is 52.5 Å². The molecule has 0 amide bonds. The van der Waals surface area contributed by atoms with E-state index < -0.39 is 0 Å². The Morgan fingerprint density at radius 1 is 1.20 bits per heavy atom. The summed E-state index contributed by atoms with van der Waals surface area (Å²) in [6, 6.07) is 9.10. The highest BCUT2D eigenvalue weighted by molar-refractivity contribution is 5.40. The van der Waals surface area contributed by atoms with E-state index in [4.69, 9.17) is 5.73 Å². The van der Waals surface area contributed by atoms with E-state index in [0.717, 1.165) is 23.6 Å². The molecule has 0 aromatic heterocycles. The molecular formula is C18H30N2. The van der Waals surface area contributed by atoms with Crippen molar-refractivity contribution in [1.82, 2.24) is 4.90 Å². The molecule has 2 heteroatoms. The van der Waals surface area contributed by atoms with Crippen LogP contribution in [0.4, 0.5) is 5.69 Å². The van der Waals surface area contributed by atoms with Gasteiger partial charge in [-0.15, -0.1) is 0 Å². The van der Waals surface area contributed by atoms with Gasteiger partial charge in [-0.1, -0.05) is 32.9 Å². The number of benzene rings is 1. The lowest BCUT2D eigenvalue weighted by Gasteiger charge is -2.41. The van der Waals surface area contributed by atoms with E-state index in [1.165, 1.54) is 31.5 Å². The van der Waals surface area contributed by atoms with Crippen molar-refractivity contribution in [3.8, 4) is 0 Å². The van der Waals surface area contributed by atoms with Gasteiger partial charge in [0.15, 0.2) is 0 Å². The molecule has 20 heavy (non-hydrogen) atoms. The number of nitrogens with zero attached hydrogens (tertiary/aromatic N) is 1. The monoisotopic (exact) mass is 274 g/mol. The molecule has 1 aliphatic heterocycles. The molecule has 1 fully saturated rings. The summed E-state index contributed by atoms with van der Waals surface area (Å²) >= 11 is 0. The fourth-order valence-electron chi connectivity index (χ4n) is 3.48.